The van der Waals surface area contributed by atoms with Crippen LogP contribution in [0.3, 0.4) is 0 Å². The molecular formula is C14H16N2OS. The van der Waals surface area contributed by atoms with Crippen LogP contribution in [0, 0.1) is 10.7 Å². The first-order valence-corrected chi connectivity index (χ1v) is 6.81. The Bertz CT molecular complexity index is 697. The van der Waals surface area contributed by atoms with E-state index in [-0.39, 0.29) is 11.6 Å². The SMILES string of the molecule is CC(CC1CC1)n1c(=S)[nH]c2ccccc2c1=O. The molecule has 4 heteroatoms. The topological polar surface area (TPSA) is 37.8 Å². The zero-order valence-electron chi connectivity index (χ0n) is 10.3. The molecule has 0 saturated heterocycles. The van der Waals surface area contributed by atoms with Gasteiger partial charge in [-0.1, -0.05) is 25.0 Å². The standard InChI is InChI=1S/C14H16N2OS/c1-9(8-10-6-7-10)16-13(17)11-4-2-3-5-12(11)15-14(16)18/h2-5,9-10H,6-8H2,1H3,(H,15,18). The van der Waals surface area contributed by atoms with Gasteiger partial charge in [0.05, 0.1) is 10.9 Å². The average molecular weight is 260 g/mol. The van der Waals surface area contributed by atoms with Crippen LogP contribution in [0.15, 0.2) is 29.1 Å². The van der Waals surface area contributed by atoms with Crippen molar-refractivity contribution < 1.29 is 0 Å². The summed E-state index contributed by atoms with van der Waals surface area (Å²) in [6, 6.07) is 7.71. The van der Waals surface area contributed by atoms with E-state index in [2.05, 4.69) is 11.9 Å². The van der Waals surface area contributed by atoms with Crippen LogP contribution in [-0.2, 0) is 0 Å². The van der Waals surface area contributed by atoms with Crippen molar-refractivity contribution in [1.29, 1.82) is 0 Å². The fourth-order valence-corrected chi connectivity index (χ4v) is 2.89. The van der Waals surface area contributed by atoms with Crippen LogP contribution in [0.4, 0.5) is 0 Å². The molecule has 1 saturated carbocycles. The number of para-hydroxylation sites is 1. The van der Waals surface area contributed by atoms with Crippen LogP contribution in [0.25, 0.3) is 10.9 Å². The normalized spacial score (nSPS) is 16.9. The minimum Gasteiger partial charge on any atom is -0.332 e. The van der Waals surface area contributed by atoms with Gasteiger partial charge in [0.15, 0.2) is 4.77 Å². The largest absolute Gasteiger partial charge is 0.332 e. The van der Waals surface area contributed by atoms with Gasteiger partial charge in [-0.3, -0.25) is 9.36 Å². The first-order chi connectivity index (χ1) is 8.66. The Labute approximate surface area is 110 Å². The lowest BCUT2D eigenvalue weighted by molar-refractivity contribution is 0.457. The van der Waals surface area contributed by atoms with E-state index in [1.807, 2.05) is 24.3 Å². The van der Waals surface area contributed by atoms with Gasteiger partial charge in [-0.2, -0.15) is 0 Å². The summed E-state index contributed by atoms with van der Waals surface area (Å²) < 4.78 is 2.27. The van der Waals surface area contributed by atoms with Crippen molar-refractivity contribution in [3.8, 4) is 0 Å². The molecule has 2 aromatic rings. The van der Waals surface area contributed by atoms with Crippen molar-refractivity contribution in [3.63, 3.8) is 0 Å². The van der Waals surface area contributed by atoms with Gasteiger partial charge in [-0.15, -0.1) is 0 Å². The van der Waals surface area contributed by atoms with Crippen LogP contribution >= 0.6 is 12.2 Å². The van der Waals surface area contributed by atoms with Gasteiger partial charge < -0.3 is 4.98 Å². The van der Waals surface area contributed by atoms with Gasteiger partial charge in [0, 0.05) is 6.04 Å². The third kappa shape index (κ3) is 2.01. The molecule has 94 valence electrons. The second-order valence-corrected chi connectivity index (χ2v) is 5.57. The van der Waals surface area contributed by atoms with Crippen molar-refractivity contribution in [2.24, 2.45) is 5.92 Å². The van der Waals surface area contributed by atoms with Crippen LogP contribution in [0.1, 0.15) is 32.2 Å². The number of rotatable bonds is 3. The number of fused-ring (bicyclic) bond motifs is 1. The van der Waals surface area contributed by atoms with E-state index in [9.17, 15) is 4.79 Å². The van der Waals surface area contributed by atoms with Gasteiger partial charge >= 0.3 is 0 Å². The summed E-state index contributed by atoms with van der Waals surface area (Å²) in [4.78, 5) is 15.6. The summed E-state index contributed by atoms with van der Waals surface area (Å²) in [6.45, 7) is 2.08. The second-order valence-electron chi connectivity index (χ2n) is 5.18. The van der Waals surface area contributed by atoms with E-state index in [4.69, 9.17) is 12.2 Å². The molecule has 1 atom stereocenters. The van der Waals surface area contributed by atoms with E-state index in [1.165, 1.54) is 12.8 Å². The molecule has 1 aromatic carbocycles. The maximum absolute atomic E-state index is 12.5. The number of aromatic amines is 1. The Kier molecular flexibility index (Phi) is 2.82. The molecule has 1 fully saturated rings. The summed E-state index contributed by atoms with van der Waals surface area (Å²) in [6.07, 6.45) is 3.64. The maximum atomic E-state index is 12.5. The fraction of sp³-hybridized carbons (Fsp3) is 0.429. The summed E-state index contributed by atoms with van der Waals surface area (Å²) in [5.74, 6) is 0.785. The second kappa shape index (κ2) is 4.35. The first-order valence-electron chi connectivity index (χ1n) is 6.40. The van der Waals surface area contributed by atoms with E-state index in [1.54, 1.807) is 4.57 Å². The molecule has 18 heavy (non-hydrogen) atoms. The Morgan fingerprint density at radius 3 is 2.89 bits per heavy atom. The lowest BCUT2D eigenvalue weighted by atomic mass is 10.1. The minimum atomic E-state index is 0.0301. The first kappa shape index (κ1) is 11.7. The molecule has 0 spiro atoms. The van der Waals surface area contributed by atoms with Crippen LogP contribution in [0.2, 0.25) is 0 Å². The molecule has 1 aromatic heterocycles. The number of hydrogen-bond donors (Lipinski definition) is 1. The van der Waals surface area contributed by atoms with Crippen molar-refractivity contribution in [3.05, 3.63) is 39.4 Å². The lowest BCUT2D eigenvalue weighted by Gasteiger charge is -2.15. The highest BCUT2D eigenvalue weighted by Gasteiger charge is 2.25. The minimum absolute atomic E-state index is 0.0301. The highest BCUT2D eigenvalue weighted by Crippen LogP contribution is 2.36. The van der Waals surface area contributed by atoms with Gasteiger partial charge in [0.2, 0.25) is 0 Å². The summed E-state index contributed by atoms with van der Waals surface area (Å²) >= 11 is 5.32. The van der Waals surface area contributed by atoms with E-state index in [0.29, 0.717) is 10.2 Å². The number of benzene rings is 1. The zero-order chi connectivity index (χ0) is 12.7. The zero-order valence-corrected chi connectivity index (χ0v) is 11.2. The van der Waals surface area contributed by atoms with Crippen molar-refractivity contribution in [2.75, 3.05) is 0 Å². The molecule has 3 nitrogen and oxygen atoms in total. The molecule has 0 radical (unpaired) electrons. The van der Waals surface area contributed by atoms with Crippen molar-refractivity contribution in [2.45, 2.75) is 32.2 Å². The van der Waals surface area contributed by atoms with E-state index in [0.717, 1.165) is 17.9 Å². The van der Waals surface area contributed by atoms with Crippen LogP contribution < -0.4 is 5.56 Å². The Balaban J connectivity index is 2.15. The van der Waals surface area contributed by atoms with E-state index < -0.39 is 0 Å². The predicted octanol–water partition coefficient (Wildman–Crippen LogP) is 3.42. The molecule has 3 rings (SSSR count). The van der Waals surface area contributed by atoms with Crippen LogP contribution in [0.5, 0.6) is 0 Å². The summed E-state index contributed by atoms with van der Waals surface area (Å²) in [7, 11) is 0. The summed E-state index contributed by atoms with van der Waals surface area (Å²) in [5.41, 5.74) is 0.852. The van der Waals surface area contributed by atoms with Gasteiger partial charge in [-0.25, -0.2) is 0 Å². The Morgan fingerprint density at radius 1 is 1.44 bits per heavy atom. The number of H-pyrrole nitrogens is 1. The molecule has 1 N–H and O–H groups in total. The van der Waals surface area contributed by atoms with Crippen molar-refractivity contribution in [1.82, 2.24) is 9.55 Å². The molecule has 1 heterocycles. The average Bonchev–Trinajstić information content (AvgIpc) is 3.13. The van der Waals surface area contributed by atoms with Gasteiger partial charge in [-0.05, 0) is 43.6 Å². The number of aromatic nitrogens is 2. The van der Waals surface area contributed by atoms with E-state index >= 15 is 0 Å². The maximum Gasteiger partial charge on any atom is 0.262 e. The third-order valence-corrected chi connectivity index (χ3v) is 3.95. The molecule has 0 bridgehead atoms. The molecule has 1 unspecified atom stereocenters. The number of nitrogens with one attached hydrogen (secondary N) is 1. The Morgan fingerprint density at radius 2 is 2.17 bits per heavy atom. The Hall–Kier alpha value is -1.42. The summed E-state index contributed by atoms with van der Waals surface area (Å²) in [5, 5.41) is 0.716. The number of nitrogens with zero attached hydrogens (tertiary/aromatic N) is 1. The van der Waals surface area contributed by atoms with Gasteiger partial charge in [0.1, 0.15) is 0 Å². The monoisotopic (exact) mass is 260 g/mol. The molecule has 0 amide bonds. The highest BCUT2D eigenvalue weighted by molar-refractivity contribution is 7.71. The highest BCUT2D eigenvalue weighted by atomic mass is 32.1. The molecule has 1 aliphatic carbocycles. The molecular weight excluding hydrogens is 244 g/mol. The fourth-order valence-electron chi connectivity index (χ4n) is 2.52. The number of hydrogen-bond acceptors (Lipinski definition) is 2. The van der Waals surface area contributed by atoms with Crippen LogP contribution in [-0.4, -0.2) is 9.55 Å². The van der Waals surface area contributed by atoms with Crippen molar-refractivity contribution >= 4 is 23.1 Å². The third-order valence-electron chi connectivity index (χ3n) is 3.65. The quantitative estimate of drug-likeness (QED) is 0.859. The predicted molar refractivity (Wildman–Crippen MR) is 75.4 cm³/mol. The molecule has 0 aliphatic heterocycles. The van der Waals surface area contributed by atoms with Gasteiger partial charge in [0.25, 0.3) is 5.56 Å². The smallest absolute Gasteiger partial charge is 0.262 e. The molecule has 1 aliphatic rings. The lowest BCUT2D eigenvalue weighted by Crippen LogP contribution is -2.25.